The van der Waals surface area contributed by atoms with Crippen molar-refractivity contribution in [2.45, 2.75) is 12.5 Å². The SMILES string of the molecule is O=S1(=O)CCC(Nc2ccc(I)cc2)C1. The molecule has 1 aromatic rings. The molecular formula is C10H12INO2S. The lowest BCUT2D eigenvalue weighted by Gasteiger charge is -2.11. The zero-order valence-electron chi connectivity index (χ0n) is 8.11. The molecule has 3 nitrogen and oxygen atoms in total. The maximum absolute atomic E-state index is 11.2. The number of nitrogens with one attached hydrogen (secondary N) is 1. The largest absolute Gasteiger partial charge is 0.381 e. The van der Waals surface area contributed by atoms with Crippen molar-refractivity contribution in [2.75, 3.05) is 16.8 Å². The van der Waals surface area contributed by atoms with E-state index in [-0.39, 0.29) is 11.8 Å². The molecule has 0 aliphatic carbocycles. The highest BCUT2D eigenvalue weighted by Crippen LogP contribution is 2.18. The van der Waals surface area contributed by atoms with Crippen molar-refractivity contribution < 1.29 is 8.42 Å². The monoisotopic (exact) mass is 337 g/mol. The Bertz CT molecular complexity index is 441. The summed E-state index contributed by atoms with van der Waals surface area (Å²) in [4.78, 5) is 0. The van der Waals surface area contributed by atoms with E-state index < -0.39 is 9.84 Å². The van der Waals surface area contributed by atoms with Crippen molar-refractivity contribution in [1.29, 1.82) is 0 Å². The Morgan fingerprint density at radius 1 is 1.27 bits per heavy atom. The third kappa shape index (κ3) is 3.07. The standard InChI is InChI=1S/C10H12INO2S/c11-8-1-3-9(4-2-8)12-10-5-6-15(13,14)7-10/h1-4,10,12H,5-7H2. The predicted octanol–water partition coefficient (Wildman–Crippen LogP) is 1.89. The Morgan fingerprint density at radius 2 is 1.93 bits per heavy atom. The van der Waals surface area contributed by atoms with Gasteiger partial charge in [-0.3, -0.25) is 0 Å². The molecule has 1 atom stereocenters. The summed E-state index contributed by atoms with van der Waals surface area (Å²) in [6.45, 7) is 0. The molecule has 0 bridgehead atoms. The lowest BCUT2D eigenvalue weighted by molar-refractivity contribution is 0.602. The molecule has 1 heterocycles. The van der Waals surface area contributed by atoms with E-state index >= 15 is 0 Å². The molecule has 1 aliphatic rings. The fourth-order valence-corrected chi connectivity index (χ4v) is 3.72. The summed E-state index contributed by atoms with van der Waals surface area (Å²) in [7, 11) is -2.79. The highest BCUT2D eigenvalue weighted by atomic mass is 127. The van der Waals surface area contributed by atoms with Crippen LogP contribution < -0.4 is 5.32 Å². The summed E-state index contributed by atoms with van der Waals surface area (Å²) in [6.07, 6.45) is 0.717. The van der Waals surface area contributed by atoms with E-state index in [2.05, 4.69) is 27.9 Å². The van der Waals surface area contributed by atoms with E-state index in [1.165, 1.54) is 3.57 Å². The molecule has 1 saturated heterocycles. The minimum Gasteiger partial charge on any atom is -0.381 e. The molecule has 1 unspecified atom stereocenters. The summed E-state index contributed by atoms with van der Waals surface area (Å²) in [6, 6.07) is 8.05. The molecule has 1 N–H and O–H groups in total. The summed E-state index contributed by atoms with van der Waals surface area (Å²) < 4.78 is 23.7. The van der Waals surface area contributed by atoms with Crippen LogP contribution in [0.5, 0.6) is 0 Å². The van der Waals surface area contributed by atoms with Crippen LogP contribution in [0.4, 0.5) is 5.69 Å². The van der Waals surface area contributed by atoms with Crippen LogP contribution in [0.15, 0.2) is 24.3 Å². The fourth-order valence-electron chi connectivity index (χ4n) is 1.69. The van der Waals surface area contributed by atoms with Crippen LogP contribution in [0.1, 0.15) is 6.42 Å². The molecule has 1 aromatic carbocycles. The van der Waals surface area contributed by atoms with Gasteiger partial charge < -0.3 is 5.32 Å². The van der Waals surface area contributed by atoms with E-state index in [0.717, 1.165) is 5.69 Å². The van der Waals surface area contributed by atoms with Crippen LogP contribution in [0, 0.1) is 3.57 Å². The quantitative estimate of drug-likeness (QED) is 0.839. The maximum Gasteiger partial charge on any atom is 0.152 e. The zero-order valence-corrected chi connectivity index (χ0v) is 11.1. The number of sulfone groups is 1. The Kier molecular flexibility index (Phi) is 3.20. The number of halogens is 1. The molecule has 0 aromatic heterocycles. The fraction of sp³-hybridized carbons (Fsp3) is 0.400. The van der Waals surface area contributed by atoms with Crippen molar-refractivity contribution in [2.24, 2.45) is 0 Å². The van der Waals surface area contributed by atoms with Crippen LogP contribution in [-0.2, 0) is 9.84 Å². The first-order valence-corrected chi connectivity index (χ1v) is 7.68. The van der Waals surface area contributed by atoms with Crippen molar-refractivity contribution in [1.82, 2.24) is 0 Å². The molecule has 0 saturated carbocycles. The minimum absolute atomic E-state index is 0.0788. The molecule has 82 valence electrons. The average Bonchev–Trinajstić information content (AvgIpc) is 2.50. The van der Waals surface area contributed by atoms with Crippen LogP contribution in [0.3, 0.4) is 0 Å². The van der Waals surface area contributed by atoms with Gasteiger partial charge in [-0.2, -0.15) is 0 Å². The number of hydrogen-bond donors (Lipinski definition) is 1. The van der Waals surface area contributed by atoms with Crippen molar-refractivity contribution in [3.8, 4) is 0 Å². The number of rotatable bonds is 2. The van der Waals surface area contributed by atoms with Crippen LogP contribution in [0.2, 0.25) is 0 Å². The molecule has 0 radical (unpaired) electrons. The van der Waals surface area contributed by atoms with Gasteiger partial charge in [-0.05, 0) is 53.3 Å². The Labute approximate surface area is 103 Å². The maximum atomic E-state index is 11.2. The van der Waals surface area contributed by atoms with Gasteiger partial charge in [0.05, 0.1) is 11.5 Å². The van der Waals surface area contributed by atoms with Gasteiger partial charge in [0.25, 0.3) is 0 Å². The first-order valence-electron chi connectivity index (χ1n) is 4.78. The summed E-state index contributed by atoms with van der Waals surface area (Å²) >= 11 is 2.24. The van der Waals surface area contributed by atoms with Crippen molar-refractivity contribution >= 4 is 38.1 Å². The van der Waals surface area contributed by atoms with Gasteiger partial charge in [-0.25, -0.2) is 8.42 Å². The number of hydrogen-bond acceptors (Lipinski definition) is 3. The molecule has 0 amide bonds. The van der Waals surface area contributed by atoms with Gasteiger partial charge >= 0.3 is 0 Å². The Morgan fingerprint density at radius 3 is 2.47 bits per heavy atom. The van der Waals surface area contributed by atoms with Gasteiger partial charge in [0.15, 0.2) is 9.84 Å². The van der Waals surface area contributed by atoms with Crippen LogP contribution in [-0.4, -0.2) is 26.0 Å². The van der Waals surface area contributed by atoms with E-state index in [4.69, 9.17) is 0 Å². The summed E-state index contributed by atoms with van der Waals surface area (Å²) in [5, 5.41) is 3.24. The molecule has 1 aliphatic heterocycles. The average molecular weight is 337 g/mol. The molecule has 15 heavy (non-hydrogen) atoms. The van der Waals surface area contributed by atoms with Gasteiger partial charge in [0.2, 0.25) is 0 Å². The second kappa shape index (κ2) is 4.29. The van der Waals surface area contributed by atoms with Gasteiger partial charge in [0.1, 0.15) is 0 Å². The molecule has 0 spiro atoms. The lowest BCUT2D eigenvalue weighted by Crippen LogP contribution is -2.20. The smallest absolute Gasteiger partial charge is 0.152 e. The van der Waals surface area contributed by atoms with E-state index in [9.17, 15) is 8.42 Å². The van der Waals surface area contributed by atoms with E-state index in [1.54, 1.807) is 0 Å². The van der Waals surface area contributed by atoms with Crippen LogP contribution >= 0.6 is 22.6 Å². The zero-order chi connectivity index (χ0) is 10.9. The molecule has 1 fully saturated rings. The Hall–Kier alpha value is -0.300. The first-order chi connectivity index (χ1) is 7.05. The minimum atomic E-state index is -2.79. The van der Waals surface area contributed by atoms with Gasteiger partial charge in [-0.1, -0.05) is 0 Å². The third-order valence-corrected chi connectivity index (χ3v) is 4.93. The van der Waals surface area contributed by atoms with E-state index in [1.807, 2.05) is 24.3 Å². The lowest BCUT2D eigenvalue weighted by atomic mass is 10.2. The van der Waals surface area contributed by atoms with Crippen molar-refractivity contribution in [3.05, 3.63) is 27.8 Å². The normalized spacial score (nSPS) is 23.9. The summed E-state index contributed by atoms with van der Waals surface area (Å²) in [5.74, 6) is 0.577. The van der Waals surface area contributed by atoms with Crippen molar-refractivity contribution in [3.63, 3.8) is 0 Å². The predicted molar refractivity (Wildman–Crippen MR) is 69.8 cm³/mol. The highest BCUT2D eigenvalue weighted by molar-refractivity contribution is 14.1. The summed E-state index contributed by atoms with van der Waals surface area (Å²) in [5.41, 5.74) is 0.998. The number of anilines is 1. The highest BCUT2D eigenvalue weighted by Gasteiger charge is 2.27. The topological polar surface area (TPSA) is 46.2 Å². The molecular weight excluding hydrogens is 325 g/mol. The van der Waals surface area contributed by atoms with Crippen LogP contribution in [0.25, 0.3) is 0 Å². The second-order valence-electron chi connectivity index (χ2n) is 3.75. The van der Waals surface area contributed by atoms with E-state index in [0.29, 0.717) is 12.2 Å². The third-order valence-electron chi connectivity index (χ3n) is 2.45. The molecule has 2 rings (SSSR count). The number of benzene rings is 1. The first kappa shape index (κ1) is 11.2. The Balaban J connectivity index is 2.02. The molecule has 5 heteroatoms. The second-order valence-corrected chi connectivity index (χ2v) is 7.23. The van der Waals surface area contributed by atoms with Gasteiger partial charge in [0, 0.05) is 15.3 Å². The van der Waals surface area contributed by atoms with Gasteiger partial charge in [-0.15, -0.1) is 0 Å².